The second-order valence-electron chi connectivity index (χ2n) is 5.88. The summed E-state index contributed by atoms with van der Waals surface area (Å²) in [4.78, 5) is 21.0. The molecule has 3 heterocycles. The van der Waals surface area contributed by atoms with Crippen LogP contribution in [0.15, 0.2) is 57.1 Å². The summed E-state index contributed by atoms with van der Waals surface area (Å²) < 4.78 is 5.20. The summed E-state index contributed by atoms with van der Waals surface area (Å²) in [6, 6.07) is 12.0. The Hall–Kier alpha value is -2.84. The Morgan fingerprint density at radius 2 is 2.00 bits per heavy atom. The molecule has 0 unspecified atom stereocenters. The van der Waals surface area contributed by atoms with Crippen LogP contribution in [-0.2, 0) is 24.2 Å². The van der Waals surface area contributed by atoms with E-state index >= 15 is 0 Å². The van der Waals surface area contributed by atoms with Crippen LogP contribution in [0.5, 0.6) is 0 Å². The van der Waals surface area contributed by atoms with E-state index < -0.39 is 0 Å². The van der Waals surface area contributed by atoms with Crippen LogP contribution in [0, 0.1) is 0 Å². The van der Waals surface area contributed by atoms with E-state index in [1.165, 1.54) is 0 Å². The summed E-state index contributed by atoms with van der Waals surface area (Å²) in [6.07, 6.45) is 0.827. The number of thiophene rings is 1. The van der Waals surface area contributed by atoms with E-state index in [-0.39, 0.29) is 18.9 Å². The molecule has 27 heavy (non-hydrogen) atoms. The number of rotatable bonds is 7. The van der Waals surface area contributed by atoms with Gasteiger partial charge in [0.05, 0.1) is 18.7 Å². The van der Waals surface area contributed by atoms with Crippen molar-refractivity contribution < 1.29 is 9.32 Å². The monoisotopic (exact) mass is 396 g/mol. The molecule has 0 fully saturated rings. The Morgan fingerprint density at radius 3 is 2.81 bits per heavy atom. The second-order valence-corrected chi connectivity index (χ2v) is 7.51. The van der Waals surface area contributed by atoms with Gasteiger partial charge in [-0.25, -0.2) is 4.98 Å². The van der Waals surface area contributed by atoms with Crippen molar-refractivity contribution in [3.63, 3.8) is 0 Å². The highest BCUT2D eigenvalue weighted by Crippen LogP contribution is 2.25. The van der Waals surface area contributed by atoms with E-state index in [0.717, 1.165) is 21.8 Å². The maximum Gasteiger partial charge on any atom is 0.246 e. The van der Waals surface area contributed by atoms with E-state index in [2.05, 4.69) is 20.4 Å². The van der Waals surface area contributed by atoms with Gasteiger partial charge >= 0.3 is 0 Å². The number of aromatic nitrogens is 3. The lowest BCUT2D eigenvalue weighted by molar-refractivity contribution is -0.120. The predicted octanol–water partition coefficient (Wildman–Crippen LogP) is 3.70. The van der Waals surface area contributed by atoms with Crippen LogP contribution in [0.2, 0.25) is 0 Å². The molecule has 3 aromatic heterocycles. The summed E-state index contributed by atoms with van der Waals surface area (Å²) in [5, 5.41) is 13.7. The Bertz CT molecular complexity index is 1010. The van der Waals surface area contributed by atoms with Crippen molar-refractivity contribution in [1.29, 1.82) is 0 Å². The highest BCUT2D eigenvalue weighted by molar-refractivity contribution is 7.14. The number of carbonyl (C=O) groups excluding carboxylic acids is 1. The molecule has 1 N–H and O–H groups in total. The minimum Gasteiger partial charge on any atom is -0.347 e. The molecule has 1 amide bonds. The highest BCUT2D eigenvalue weighted by atomic mass is 32.1. The number of hydrogen-bond donors (Lipinski definition) is 1. The van der Waals surface area contributed by atoms with Gasteiger partial charge in [0.1, 0.15) is 5.01 Å². The Balaban J connectivity index is 1.28. The Morgan fingerprint density at radius 1 is 1.11 bits per heavy atom. The molecule has 0 atom stereocenters. The molecule has 0 aliphatic carbocycles. The van der Waals surface area contributed by atoms with Crippen LogP contribution < -0.4 is 5.32 Å². The third-order valence-electron chi connectivity index (χ3n) is 3.81. The zero-order valence-electron chi connectivity index (χ0n) is 14.3. The molecule has 136 valence electrons. The first-order valence-corrected chi connectivity index (χ1v) is 10.2. The number of nitrogens with one attached hydrogen (secondary N) is 1. The standard InChI is InChI=1S/C19H16N4O2S2/c24-17(9-15-12-27-19(21-15)14-6-7-26-11-14)20-10-18-22-16(23-25-18)8-13-4-2-1-3-5-13/h1-7,11-12H,8-10H2,(H,20,24). The molecule has 0 aliphatic rings. The van der Waals surface area contributed by atoms with E-state index in [1.54, 1.807) is 22.7 Å². The van der Waals surface area contributed by atoms with Gasteiger partial charge in [-0.3, -0.25) is 4.79 Å². The highest BCUT2D eigenvalue weighted by Gasteiger charge is 2.12. The van der Waals surface area contributed by atoms with Gasteiger partial charge in [0.15, 0.2) is 5.82 Å². The number of thiazole rings is 1. The lowest BCUT2D eigenvalue weighted by atomic mass is 10.1. The first-order valence-electron chi connectivity index (χ1n) is 8.35. The Labute approximate surface area is 163 Å². The number of amides is 1. The molecule has 4 rings (SSSR count). The van der Waals surface area contributed by atoms with Crippen LogP contribution in [0.4, 0.5) is 0 Å². The lowest BCUT2D eigenvalue weighted by Gasteiger charge is -1.99. The third kappa shape index (κ3) is 4.66. The molecule has 0 saturated heterocycles. The van der Waals surface area contributed by atoms with Gasteiger partial charge in [0, 0.05) is 22.7 Å². The fraction of sp³-hybridized carbons (Fsp3) is 0.158. The first kappa shape index (κ1) is 17.6. The summed E-state index contributed by atoms with van der Waals surface area (Å²) in [6.45, 7) is 0.210. The quantitative estimate of drug-likeness (QED) is 0.515. The average molecular weight is 396 g/mol. The van der Waals surface area contributed by atoms with Crippen molar-refractivity contribution >= 4 is 28.6 Å². The summed E-state index contributed by atoms with van der Waals surface area (Å²) in [7, 11) is 0. The molecule has 0 saturated carbocycles. The number of nitrogens with zero attached hydrogens (tertiary/aromatic N) is 3. The topological polar surface area (TPSA) is 80.9 Å². The molecule has 1 aromatic carbocycles. The van der Waals surface area contributed by atoms with Crippen LogP contribution >= 0.6 is 22.7 Å². The van der Waals surface area contributed by atoms with E-state index in [4.69, 9.17) is 4.52 Å². The zero-order valence-corrected chi connectivity index (χ0v) is 15.9. The molecule has 8 heteroatoms. The van der Waals surface area contributed by atoms with E-state index in [0.29, 0.717) is 18.1 Å². The second kappa shape index (κ2) is 8.24. The van der Waals surface area contributed by atoms with Crippen molar-refractivity contribution in [2.24, 2.45) is 0 Å². The van der Waals surface area contributed by atoms with Crippen LogP contribution in [0.25, 0.3) is 10.6 Å². The fourth-order valence-corrected chi connectivity index (χ4v) is 4.05. The Kier molecular flexibility index (Phi) is 5.36. The molecule has 4 aromatic rings. The van der Waals surface area contributed by atoms with Gasteiger partial charge in [-0.05, 0) is 17.0 Å². The van der Waals surface area contributed by atoms with Gasteiger partial charge in [0.25, 0.3) is 0 Å². The average Bonchev–Trinajstić information content (AvgIpc) is 3.43. The van der Waals surface area contributed by atoms with Crippen molar-refractivity contribution in [2.45, 2.75) is 19.4 Å². The van der Waals surface area contributed by atoms with Crippen molar-refractivity contribution in [1.82, 2.24) is 20.4 Å². The van der Waals surface area contributed by atoms with Crippen molar-refractivity contribution in [3.05, 3.63) is 75.5 Å². The summed E-state index contributed by atoms with van der Waals surface area (Å²) >= 11 is 3.17. The predicted molar refractivity (Wildman–Crippen MR) is 105 cm³/mol. The van der Waals surface area contributed by atoms with Gasteiger partial charge < -0.3 is 9.84 Å². The van der Waals surface area contributed by atoms with Crippen molar-refractivity contribution in [2.75, 3.05) is 0 Å². The smallest absolute Gasteiger partial charge is 0.246 e. The molecule has 0 spiro atoms. The maximum atomic E-state index is 12.1. The van der Waals surface area contributed by atoms with Crippen LogP contribution in [-0.4, -0.2) is 21.0 Å². The normalized spacial score (nSPS) is 10.8. The van der Waals surface area contributed by atoms with Crippen LogP contribution in [0.1, 0.15) is 23.0 Å². The van der Waals surface area contributed by atoms with Gasteiger partial charge in [-0.2, -0.15) is 16.3 Å². The van der Waals surface area contributed by atoms with Gasteiger partial charge in [0.2, 0.25) is 11.8 Å². The van der Waals surface area contributed by atoms with Gasteiger partial charge in [-0.15, -0.1) is 11.3 Å². The minimum absolute atomic E-state index is 0.125. The molecule has 0 bridgehead atoms. The summed E-state index contributed by atoms with van der Waals surface area (Å²) in [5.74, 6) is 0.872. The molecule has 6 nitrogen and oxygen atoms in total. The molecule has 0 aliphatic heterocycles. The lowest BCUT2D eigenvalue weighted by Crippen LogP contribution is -2.24. The SMILES string of the molecule is O=C(Cc1csc(-c2ccsc2)n1)NCc1nc(Cc2ccccc2)no1. The first-order chi connectivity index (χ1) is 13.3. The maximum absolute atomic E-state index is 12.1. The fourth-order valence-electron chi connectivity index (χ4n) is 2.52. The number of benzene rings is 1. The van der Waals surface area contributed by atoms with E-state index in [9.17, 15) is 4.79 Å². The van der Waals surface area contributed by atoms with Crippen LogP contribution in [0.3, 0.4) is 0 Å². The van der Waals surface area contributed by atoms with Gasteiger partial charge in [-0.1, -0.05) is 35.5 Å². The van der Waals surface area contributed by atoms with Crippen molar-refractivity contribution in [3.8, 4) is 10.6 Å². The van der Waals surface area contributed by atoms with E-state index in [1.807, 2.05) is 52.5 Å². The number of hydrogen-bond acceptors (Lipinski definition) is 7. The third-order valence-corrected chi connectivity index (χ3v) is 5.44. The largest absolute Gasteiger partial charge is 0.347 e. The molecule has 0 radical (unpaired) electrons. The number of carbonyl (C=O) groups is 1. The molecular weight excluding hydrogens is 380 g/mol. The minimum atomic E-state index is -0.125. The zero-order chi connectivity index (χ0) is 18.5. The molecular formula is C19H16N4O2S2. The summed E-state index contributed by atoms with van der Waals surface area (Å²) in [5.41, 5.74) is 2.96.